The van der Waals surface area contributed by atoms with Crippen molar-refractivity contribution in [2.75, 3.05) is 13.7 Å². The third-order valence-electron chi connectivity index (χ3n) is 2.74. The molecule has 1 aromatic rings. The summed E-state index contributed by atoms with van der Waals surface area (Å²) in [6.07, 6.45) is 0.355. The van der Waals surface area contributed by atoms with Crippen LogP contribution in [0.5, 0.6) is 0 Å². The fourth-order valence-corrected chi connectivity index (χ4v) is 2.38. The van der Waals surface area contributed by atoms with Gasteiger partial charge in [0.25, 0.3) is 5.91 Å². The Balaban J connectivity index is 2.87. The summed E-state index contributed by atoms with van der Waals surface area (Å²) < 4.78 is 4.70. The lowest BCUT2D eigenvalue weighted by Gasteiger charge is -2.19. The Kier molecular flexibility index (Phi) is 6.92. The first-order valence-corrected chi connectivity index (χ1v) is 7.45. The predicted molar refractivity (Wildman–Crippen MR) is 81.0 cm³/mol. The van der Waals surface area contributed by atoms with Gasteiger partial charge >= 0.3 is 5.97 Å². The van der Waals surface area contributed by atoms with Crippen molar-refractivity contribution in [3.05, 3.63) is 21.9 Å². The van der Waals surface area contributed by atoms with E-state index in [9.17, 15) is 9.59 Å². The molecule has 6 heteroatoms. The van der Waals surface area contributed by atoms with E-state index in [4.69, 9.17) is 9.84 Å². The van der Waals surface area contributed by atoms with Gasteiger partial charge in [0.15, 0.2) is 0 Å². The molecule has 1 rings (SSSR count). The molecule has 0 radical (unpaired) electrons. The van der Waals surface area contributed by atoms with Crippen LogP contribution in [0.1, 0.15) is 35.5 Å². The van der Waals surface area contributed by atoms with Crippen molar-refractivity contribution in [1.29, 1.82) is 0 Å². The lowest BCUT2D eigenvalue weighted by Crippen LogP contribution is -2.44. The molecule has 1 unspecified atom stereocenters. The maximum atomic E-state index is 12.3. The Morgan fingerprint density at radius 2 is 2.19 bits per heavy atom. The van der Waals surface area contributed by atoms with Gasteiger partial charge in [-0.15, -0.1) is 11.3 Å². The average molecular weight is 309 g/mol. The third-order valence-corrected chi connectivity index (χ3v) is 3.65. The molecule has 1 amide bonds. The van der Waals surface area contributed by atoms with Gasteiger partial charge in [0.2, 0.25) is 0 Å². The van der Waals surface area contributed by atoms with Crippen LogP contribution in [-0.4, -0.2) is 36.7 Å². The molecule has 2 N–H and O–H groups in total. The SMILES string of the molecule is COC(=O)C(NC(=O)c1sccc1C#CCCO)C(C)C. The van der Waals surface area contributed by atoms with Gasteiger partial charge in [-0.05, 0) is 17.4 Å². The van der Waals surface area contributed by atoms with E-state index in [1.165, 1.54) is 18.4 Å². The molecule has 0 saturated carbocycles. The van der Waals surface area contributed by atoms with Crippen molar-refractivity contribution < 1.29 is 19.4 Å². The first-order chi connectivity index (χ1) is 10.0. The Morgan fingerprint density at radius 3 is 2.76 bits per heavy atom. The number of esters is 1. The van der Waals surface area contributed by atoms with Gasteiger partial charge in [-0.1, -0.05) is 25.7 Å². The smallest absolute Gasteiger partial charge is 0.328 e. The van der Waals surface area contributed by atoms with Gasteiger partial charge in [-0.2, -0.15) is 0 Å². The Labute approximate surface area is 128 Å². The monoisotopic (exact) mass is 309 g/mol. The van der Waals surface area contributed by atoms with Gasteiger partial charge in [0.1, 0.15) is 10.9 Å². The quantitative estimate of drug-likeness (QED) is 0.637. The molecular formula is C15H19NO4S. The molecule has 0 spiro atoms. The van der Waals surface area contributed by atoms with Crippen molar-refractivity contribution in [2.24, 2.45) is 5.92 Å². The van der Waals surface area contributed by atoms with E-state index in [-0.39, 0.29) is 18.4 Å². The van der Waals surface area contributed by atoms with E-state index in [0.29, 0.717) is 16.9 Å². The second kappa shape index (κ2) is 8.45. The summed E-state index contributed by atoms with van der Waals surface area (Å²) in [5.74, 6) is 4.73. The van der Waals surface area contributed by atoms with Crippen molar-refractivity contribution in [3.8, 4) is 11.8 Å². The number of carbonyl (C=O) groups excluding carboxylic acids is 2. The zero-order chi connectivity index (χ0) is 15.8. The summed E-state index contributed by atoms with van der Waals surface area (Å²) in [6.45, 7) is 3.65. The highest BCUT2D eigenvalue weighted by atomic mass is 32.1. The molecule has 0 fully saturated rings. The number of hydrogen-bond acceptors (Lipinski definition) is 5. The zero-order valence-electron chi connectivity index (χ0n) is 12.3. The number of aliphatic hydroxyl groups excluding tert-OH is 1. The highest BCUT2D eigenvalue weighted by Gasteiger charge is 2.26. The molecule has 0 aromatic carbocycles. The molecule has 21 heavy (non-hydrogen) atoms. The maximum Gasteiger partial charge on any atom is 0.328 e. The number of rotatable bonds is 5. The van der Waals surface area contributed by atoms with Crippen LogP contribution in [0.3, 0.4) is 0 Å². The van der Waals surface area contributed by atoms with E-state index < -0.39 is 12.0 Å². The number of hydrogen-bond donors (Lipinski definition) is 2. The van der Waals surface area contributed by atoms with E-state index in [1.54, 1.807) is 11.4 Å². The lowest BCUT2D eigenvalue weighted by molar-refractivity contribution is -0.144. The summed E-state index contributed by atoms with van der Waals surface area (Å²) >= 11 is 1.26. The van der Waals surface area contributed by atoms with Crippen molar-refractivity contribution in [2.45, 2.75) is 26.3 Å². The summed E-state index contributed by atoms with van der Waals surface area (Å²) in [5, 5.41) is 13.2. The number of methoxy groups -OCH3 is 1. The average Bonchev–Trinajstić information content (AvgIpc) is 2.92. The van der Waals surface area contributed by atoms with Crippen LogP contribution in [0, 0.1) is 17.8 Å². The van der Waals surface area contributed by atoms with Gasteiger partial charge in [0, 0.05) is 12.0 Å². The molecule has 0 aliphatic heterocycles. The highest BCUT2D eigenvalue weighted by Crippen LogP contribution is 2.17. The van der Waals surface area contributed by atoms with Crippen LogP contribution in [0.2, 0.25) is 0 Å². The zero-order valence-corrected chi connectivity index (χ0v) is 13.1. The summed E-state index contributed by atoms with van der Waals surface area (Å²) in [6, 6.07) is 1.05. The van der Waals surface area contributed by atoms with Crippen LogP contribution in [0.15, 0.2) is 11.4 Å². The molecule has 5 nitrogen and oxygen atoms in total. The Morgan fingerprint density at radius 1 is 1.48 bits per heavy atom. The van der Waals surface area contributed by atoms with Gasteiger partial charge in [-0.3, -0.25) is 4.79 Å². The minimum absolute atomic E-state index is 0.0174. The van der Waals surface area contributed by atoms with Gasteiger partial charge in [0.05, 0.1) is 13.7 Å². The Bertz CT molecular complexity index is 554. The lowest BCUT2D eigenvalue weighted by atomic mass is 10.0. The first kappa shape index (κ1) is 17.2. The van der Waals surface area contributed by atoms with Crippen LogP contribution in [0.4, 0.5) is 0 Å². The maximum absolute atomic E-state index is 12.3. The van der Waals surface area contributed by atoms with E-state index in [2.05, 4.69) is 17.2 Å². The normalized spacial score (nSPS) is 11.5. The van der Waals surface area contributed by atoms with E-state index >= 15 is 0 Å². The van der Waals surface area contributed by atoms with Crippen LogP contribution < -0.4 is 5.32 Å². The highest BCUT2D eigenvalue weighted by molar-refractivity contribution is 7.12. The minimum atomic E-state index is -0.692. The Hall–Kier alpha value is -1.84. The topological polar surface area (TPSA) is 75.6 Å². The van der Waals surface area contributed by atoms with Crippen molar-refractivity contribution in [1.82, 2.24) is 5.32 Å². The third kappa shape index (κ3) is 4.88. The first-order valence-electron chi connectivity index (χ1n) is 6.57. The summed E-state index contributed by atoms with van der Waals surface area (Å²) in [5.41, 5.74) is 0.596. The van der Waals surface area contributed by atoms with Crippen LogP contribution in [-0.2, 0) is 9.53 Å². The van der Waals surface area contributed by atoms with E-state index in [0.717, 1.165) is 0 Å². The molecule has 0 aliphatic rings. The number of aliphatic hydroxyl groups is 1. The molecule has 1 heterocycles. The number of amides is 1. The molecule has 1 aromatic heterocycles. The minimum Gasteiger partial charge on any atom is -0.467 e. The second-order valence-corrected chi connectivity index (χ2v) is 5.57. The molecule has 0 aliphatic carbocycles. The summed E-state index contributed by atoms with van der Waals surface area (Å²) in [4.78, 5) is 24.4. The predicted octanol–water partition coefficient (Wildman–Crippen LogP) is 1.41. The van der Waals surface area contributed by atoms with Gasteiger partial charge < -0.3 is 15.2 Å². The number of nitrogens with one attached hydrogen (secondary N) is 1. The number of carbonyl (C=O) groups is 2. The molecule has 114 valence electrons. The van der Waals surface area contributed by atoms with Crippen LogP contribution >= 0.6 is 11.3 Å². The molecular weight excluding hydrogens is 290 g/mol. The van der Waals surface area contributed by atoms with Gasteiger partial charge in [-0.25, -0.2) is 4.79 Å². The van der Waals surface area contributed by atoms with Crippen molar-refractivity contribution >= 4 is 23.2 Å². The number of ether oxygens (including phenoxy) is 1. The van der Waals surface area contributed by atoms with Crippen molar-refractivity contribution in [3.63, 3.8) is 0 Å². The standard InChI is InChI=1S/C15H19NO4S/c1-10(2)12(15(19)20-3)16-14(18)13-11(7-9-21-13)6-4-5-8-17/h7,9-10,12,17H,5,8H2,1-3H3,(H,16,18). The molecule has 0 saturated heterocycles. The molecule has 0 bridgehead atoms. The summed E-state index contributed by atoms with van der Waals surface area (Å²) in [7, 11) is 1.29. The van der Waals surface area contributed by atoms with E-state index in [1.807, 2.05) is 13.8 Å². The second-order valence-electron chi connectivity index (χ2n) is 4.66. The largest absolute Gasteiger partial charge is 0.467 e. The number of thiophene rings is 1. The fraction of sp³-hybridized carbons (Fsp3) is 0.467. The molecule has 1 atom stereocenters. The fourth-order valence-electron chi connectivity index (χ4n) is 1.63. The van der Waals surface area contributed by atoms with Crippen LogP contribution in [0.25, 0.3) is 0 Å².